The average Bonchev–Trinajstić information content (AvgIpc) is 2.92. The summed E-state index contributed by atoms with van der Waals surface area (Å²) in [4.78, 5) is 27.0. The first-order chi connectivity index (χ1) is 12.0. The molecule has 2 rings (SSSR count). The molecule has 1 heterocycles. The van der Waals surface area contributed by atoms with Crippen molar-refractivity contribution < 1.29 is 18.4 Å². The summed E-state index contributed by atoms with van der Waals surface area (Å²) in [5.74, 6) is 0.421. The van der Waals surface area contributed by atoms with Crippen molar-refractivity contribution in [3.8, 4) is 11.5 Å². The van der Waals surface area contributed by atoms with Crippen LogP contribution < -0.4 is 10.6 Å². The van der Waals surface area contributed by atoms with Gasteiger partial charge >= 0.3 is 0 Å². The molecular weight excluding hydrogens is 325 g/mol. The van der Waals surface area contributed by atoms with Crippen LogP contribution in [-0.2, 0) is 16.0 Å². The molecule has 7 heteroatoms. The van der Waals surface area contributed by atoms with Crippen molar-refractivity contribution >= 4 is 11.8 Å². The van der Waals surface area contributed by atoms with Crippen molar-refractivity contribution in [3.05, 3.63) is 41.5 Å². The number of nitrogens with zero attached hydrogens (tertiary/aromatic N) is 1. The van der Waals surface area contributed by atoms with Crippen molar-refractivity contribution in [1.82, 2.24) is 15.6 Å². The molecule has 0 fully saturated rings. The van der Waals surface area contributed by atoms with Crippen LogP contribution in [0.15, 0.2) is 28.7 Å². The zero-order chi connectivity index (χ0) is 18.2. The van der Waals surface area contributed by atoms with Gasteiger partial charge in [0.1, 0.15) is 11.6 Å². The molecular formula is C18H22FN3O3. The van der Waals surface area contributed by atoms with Crippen molar-refractivity contribution in [3.63, 3.8) is 0 Å². The average molecular weight is 347 g/mol. The second kappa shape index (κ2) is 8.96. The third kappa shape index (κ3) is 6.02. The number of oxazole rings is 1. The molecule has 0 saturated carbocycles. The van der Waals surface area contributed by atoms with E-state index >= 15 is 0 Å². The van der Waals surface area contributed by atoms with E-state index in [4.69, 9.17) is 4.42 Å². The first kappa shape index (κ1) is 18.6. The maximum absolute atomic E-state index is 13.0. The van der Waals surface area contributed by atoms with Crippen LogP contribution in [0.2, 0.25) is 0 Å². The van der Waals surface area contributed by atoms with Gasteiger partial charge in [-0.1, -0.05) is 0 Å². The van der Waals surface area contributed by atoms with Crippen LogP contribution in [0.5, 0.6) is 0 Å². The molecule has 0 aliphatic carbocycles. The first-order valence-corrected chi connectivity index (χ1v) is 8.19. The van der Waals surface area contributed by atoms with Gasteiger partial charge in [-0.15, -0.1) is 0 Å². The highest BCUT2D eigenvalue weighted by molar-refractivity contribution is 5.78. The predicted molar refractivity (Wildman–Crippen MR) is 91.3 cm³/mol. The molecule has 134 valence electrons. The number of hydrogen-bond acceptors (Lipinski definition) is 4. The van der Waals surface area contributed by atoms with E-state index in [0.717, 1.165) is 12.8 Å². The number of amides is 2. The number of aromatic nitrogens is 1. The number of rotatable bonds is 8. The van der Waals surface area contributed by atoms with Gasteiger partial charge in [-0.3, -0.25) is 9.59 Å². The third-order valence-electron chi connectivity index (χ3n) is 3.61. The summed E-state index contributed by atoms with van der Waals surface area (Å²) in [5.41, 5.74) is 1.23. The Morgan fingerprint density at radius 3 is 2.40 bits per heavy atom. The van der Waals surface area contributed by atoms with Crippen LogP contribution in [0, 0.1) is 12.7 Å². The molecule has 0 unspecified atom stereocenters. The lowest BCUT2D eigenvalue weighted by molar-refractivity contribution is -0.121. The Morgan fingerprint density at radius 2 is 1.76 bits per heavy atom. The highest BCUT2D eigenvalue weighted by Crippen LogP contribution is 2.22. The topological polar surface area (TPSA) is 84.2 Å². The molecule has 1 aromatic carbocycles. The lowest BCUT2D eigenvalue weighted by atomic mass is 10.2. The summed E-state index contributed by atoms with van der Waals surface area (Å²) in [6.07, 6.45) is 1.71. The number of aryl methyl sites for hydroxylation is 1. The van der Waals surface area contributed by atoms with Crippen molar-refractivity contribution in [2.45, 2.75) is 33.1 Å². The molecule has 1 aromatic heterocycles. The summed E-state index contributed by atoms with van der Waals surface area (Å²) in [5, 5.41) is 5.53. The maximum Gasteiger partial charge on any atom is 0.226 e. The number of carbonyl (C=O) groups excluding carboxylic acids is 2. The minimum atomic E-state index is -0.329. The number of benzene rings is 1. The smallest absolute Gasteiger partial charge is 0.226 e. The van der Waals surface area contributed by atoms with E-state index in [9.17, 15) is 14.0 Å². The largest absolute Gasteiger partial charge is 0.441 e. The molecule has 2 aromatic rings. The van der Waals surface area contributed by atoms with Gasteiger partial charge in [0, 0.05) is 25.6 Å². The fourth-order valence-electron chi connectivity index (χ4n) is 2.26. The number of halogens is 1. The van der Waals surface area contributed by atoms with Crippen LogP contribution in [0.25, 0.3) is 11.5 Å². The Balaban J connectivity index is 1.81. The highest BCUT2D eigenvalue weighted by atomic mass is 19.1. The minimum absolute atomic E-state index is 0.0532. The molecule has 2 amide bonds. The molecule has 0 aliphatic heterocycles. The van der Waals surface area contributed by atoms with Gasteiger partial charge in [0.25, 0.3) is 0 Å². The Bertz CT molecular complexity index is 726. The summed E-state index contributed by atoms with van der Waals surface area (Å²) < 4.78 is 18.5. The van der Waals surface area contributed by atoms with Gasteiger partial charge in [0.2, 0.25) is 17.7 Å². The molecule has 0 spiro atoms. The quantitative estimate of drug-likeness (QED) is 0.718. The van der Waals surface area contributed by atoms with Crippen LogP contribution in [-0.4, -0.2) is 29.9 Å². The van der Waals surface area contributed by atoms with Crippen molar-refractivity contribution in [2.24, 2.45) is 0 Å². The van der Waals surface area contributed by atoms with E-state index in [1.807, 2.05) is 0 Å². The molecule has 0 saturated heterocycles. The highest BCUT2D eigenvalue weighted by Gasteiger charge is 2.14. The molecule has 0 bridgehead atoms. The van der Waals surface area contributed by atoms with Crippen molar-refractivity contribution in [2.75, 3.05) is 13.1 Å². The van der Waals surface area contributed by atoms with Gasteiger partial charge in [0.05, 0.1) is 12.1 Å². The molecule has 25 heavy (non-hydrogen) atoms. The van der Waals surface area contributed by atoms with Crippen molar-refractivity contribution in [1.29, 1.82) is 0 Å². The molecule has 6 nitrogen and oxygen atoms in total. The number of unbranched alkanes of at least 4 members (excludes halogenated alkanes) is 1. The number of nitrogens with one attached hydrogen (secondary N) is 2. The predicted octanol–water partition coefficient (Wildman–Crippen LogP) is 2.36. The van der Waals surface area contributed by atoms with E-state index in [-0.39, 0.29) is 24.1 Å². The zero-order valence-corrected chi connectivity index (χ0v) is 14.4. The van der Waals surface area contributed by atoms with E-state index in [1.54, 1.807) is 19.1 Å². The normalized spacial score (nSPS) is 10.5. The fraction of sp³-hybridized carbons (Fsp3) is 0.389. The first-order valence-electron chi connectivity index (χ1n) is 8.19. The van der Waals surface area contributed by atoms with Gasteiger partial charge in [-0.2, -0.15) is 0 Å². The zero-order valence-electron chi connectivity index (χ0n) is 14.4. The number of carbonyl (C=O) groups is 2. The third-order valence-corrected chi connectivity index (χ3v) is 3.61. The van der Waals surface area contributed by atoms with Gasteiger partial charge in [-0.25, -0.2) is 9.37 Å². The fourth-order valence-corrected chi connectivity index (χ4v) is 2.26. The maximum atomic E-state index is 13.0. The van der Waals surface area contributed by atoms with E-state index in [0.29, 0.717) is 36.0 Å². The summed E-state index contributed by atoms with van der Waals surface area (Å²) in [7, 11) is 0. The molecule has 0 atom stereocenters. The molecule has 0 radical (unpaired) electrons. The SMILES string of the molecule is CC(=O)NCCCCNC(=O)Cc1nc(-c2ccc(F)cc2)oc1C. The Hall–Kier alpha value is -2.70. The molecule has 0 aliphatic rings. The number of hydrogen-bond donors (Lipinski definition) is 2. The minimum Gasteiger partial charge on any atom is -0.441 e. The van der Waals surface area contributed by atoms with E-state index < -0.39 is 0 Å². The van der Waals surface area contributed by atoms with Crippen LogP contribution in [0.1, 0.15) is 31.2 Å². The Morgan fingerprint density at radius 1 is 1.12 bits per heavy atom. The van der Waals surface area contributed by atoms with Gasteiger partial charge in [0.15, 0.2) is 0 Å². The van der Waals surface area contributed by atoms with Crippen LogP contribution in [0.4, 0.5) is 4.39 Å². The van der Waals surface area contributed by atoms with Gasteiger partial charge in [-0.05, 0) is 44.0 Å². The standard InChI is InChI=1S/C18H22FN3O3/c1-12-16(11-17(24)21-10-4-3-9-20-13(2)23)22-18(25-12)14-5-7-15(19)8-6-14/h5-8H,3-4,9-11H2,1-2H3,(H,20,23)(H,21,24). The summed E-state index contributed by atoms with van der Waals surface area (Å²) >= 11 is 0. The molecule has 2 N–H and O–H groups in total. The Labute approximate surface area is 145 Å². The van der Waals surface area contributed by atoms with Crippen LogP contribution >= 0.6 is 0 Å². The van der Waals surface area contributed by atoms with E-state index in [1.165, 1.54) is 19.1 Å². The summed E-state index contributed by atoms with van der Waals surface area (Å²) in [6, 6.07) is 5.84. The second-order valence-corrected chi connectivity index (χ2v) is 5.75. The van der Waals surface area contributed by atoms with Gasteiger partial charge < -0.3 is 15.1 Å². The van der Waals surface area contributed by atoms with E-state index in [2.05, 4.69) is 15.6 Å². The lowest BCUT2D eigenvalue weighted by Crippen LogP contribution is -2.27. The van der Waals surface area contributed by atoms with Crippen LogP contribution in [0.3, 0.4) is 0 Å². The lowest BCUT2D eigenvalue weighted by Gasteiger charge is -2.04. The summed E-state index contributed by atoms with van der Waals surface area (Å²) in [6.45, 7) is 4.37. The monoisotopic (exact) mass is 347 g/mol. The second-order valence-electron chi connectivity index (χ2n) is 5.75. The Kier molecular flexibility index (Phi) is 6.68.